The van der Waals surface area contributed by atoms with E-state index in [0.29, 0.717) is 37.2 Å². The van der Waals surface area contributed by atoms with Gasteiger partial charge in [-0.3, -0.25) is 0 Å². The summed E-state index contributed by atoms with van der Waals surface area (Å²) in [6, 6.07) is 0. The highest BCUT2D eigenvalue weighted by Gasteiger charge is 2.21. The first-order valence-corrected chi connectivity index (χ1v) is 6.68. The summed E-state index contributed by atoms with van der Waals surface area (Å²) in [5.41, 5.74) is 0.944. The van der Waals surface area contributed by atoms with Crippen LogP contribution in [0.3, 0.4) is 0 Å². The highest BCUT2D eigenvalue weighted by Crippen LogP contribution is 2.19. The Kier molecular flexibility index (Phi) is 8.97. The van der Waals surface area contributed by atoms with Crippen molar-refractivity contribution < 1.29 is 19.1 Å². The van der Waals surface area contributed by atoms with E-state index in [9.17, 15) is 9.59 Å². The van der Waals surface area contributed by atoms with Crippen molar-refractivity contribution in [1.82, 2.24) is 0 Å². The molecule has 0 aromatic heterocycles. The number of rotatable bonds is 8. The van der Waals surface area contributed by atoms with Gasteiger partial charge in [0.05, 0.1) is 13.2 Å². The van der Waals surface area contributed by atoms with E-state index in [4.69, 9.17) is 9.47 Å². The highest BCUT2D eigenvalue weighted by molar-refractivity contribution is 6.00. The van der Waals surface area contributed by atoms with Gasteiger partial charge in [0.15, 0.2) is 0 Å². The lowest BCUT2D eigenvalue weighted by molar-refractivity contribution is -0.142. The van der Waals surface area contributed by atoms with Gasteiger partial charge in [-0.25, -0.2) is 9.59 Å². The summed E-state index contributed by atoms with van der Waals surface area (Å²) in [6.07, 6.45) is 2.68. The van der Waals surface area contributed by atoms with Crippen molar-refractivity contribution in [3.63, 3.8) is 0 Å². The van der Waals surface area contributed by atoms with Gasteiger partial charge in [0.25, 0.3) is 0 Å². The van der Waals surface area contributed by atoms with Crippen LogP contribution in [0.25, 0.3) is 0 Å². The number of hydrogen-bond donors (Lipinski definition) is 0. The van der Waals surface area contributed by atoms with Crippen LogP contribution in [-0.4, -0.2) is 25.2 Å². The van der Waals surface area contributed by atoms with Gasteiger partial charge in [-0.05, 0) is 26.7 Å². The third kappa shape index (κ3) is 5.34. The minimum Gasteiger partial charge on any atom is -0.463 e. The van der Waals surface area contributed by atoms with Crippen molar-refractivity contribution >= 4 is 11.9 Å². The molecule has 104 valence electrons. The van der Waals surface area contributed by atoms with Crippen molar-refractivity contribution in [1.29, 1.82) is 0 Å². The summed E-state index contributed by atoms with van der Waals surface area (Å²) in [7, 11) is 0. The molecule has 18 heavy (non-hydrogen) atoms. The lowest BCUT2D eigenvalue weighted by Crippen LogP contribution is -2.17. The van der Waals surface area contributed by atoms with Gasteiger partial charge in [0.1, 0.15) is 0 Å². The molecule has 0 saturated carbocycles. The molecular formula is C14H24O4. The lowest BCUT2D eigenvalue weighted by Gasteiger charge is -2.12. The Bertz CT molecular complexity index is 275. The molecule has 0 spiro atoms. The summed E-state index contributed by atoms with van der Waals surface area (Å²) < 4.78 is 10.0. The lowest BCUT2D eigenvalue weighted by atomic mass is 10.00. The van der Waals surface area contributed by atoms with Crippen LogP contribution in [0.2, 0.25) is 0 Å². The Labute approximate surface area is 109 Å². The Morgan fingerprint density at radius 2 is 1.06 bits per heavy atom. The molecule has 0 atom stereocenters. The zero-order chi connectivity index (χ0) is 14.0. The van der Waals surface area contributed by atoms with Crippen LogP contribution in [0.1, 0.15) is 53.4 Å². The zero-order valence-corrected chi connectivity index (χ0v) is 11.9. The standard InChI is InChI=1S/C14H24O4/c1-5-9-11(13(15)17-7-3)12(10-6-2)14(16)18-8-4/h5-10H2,1-4H3/b12-11+. The predicted molar refractivity (Wildman–Crippen MR) is 70.1 cm³/mol. The molecule has 0 bridgehead atoms. The number of hydrogen-bond acceptors (Lipinski definition) is 4. The van der Waals surface area contributed by atoms with Gasteiger partial charge < -0.3 is 9.47 Å². The van der Waals surface area contributed by atoms with Crippen molar-refractivity contribution in [2.24, 2.45) is 0 Å². The SMILES string of the molecule is CCC/C(C(=O)OCC)=C(/CCC)C(=O)OCC. The first kappa shape index (κ1) is 16.7. The van der Waals surface area contributed by atoms with Crippen LogP contribution in [0, 0.1) is 0 Å². The quantitative estimate of drug-likeness (QED) is 0.495. The van der Waals surface area contributed by atoms with Crippen LogP contribution in [0.4, 0.5) is 0 Å². The Hall–Kier alpha value is -1.32. The van der Waals surface area contributed by atoms with Crippen LogP contribution >= 0.6 is 0 Å². The molecule has 4 nitrogen and oxygen atoms in total. The maximum absolute atomic E-state index is 11.9. The van der Waals surface area contributed by atoms with Gasteiger partial charge in [0, 0.05) is 11.1 Å². The van der Waals surface area contributed by atoms with E-state index >= 15 is 0 Å². The van der Waals surface area contributed by atoms with Gasteiger partial charge >= 0.3 is 11.9 Å². The van der Waals surface area contributed by atoms with Gasteiger partial charge in [-0.2, -0.15) is 0 Å². The molecule has 0 radical (unpaired) electrons. The summed E-state index contributed by atoms with van der Waals surface area (Å²) in [5.74, 6) is -0.785. The molecule has 0 aromatic rings. The topological polar surface area (TPSA) is 52.6 Å². The third-order valence-electron chi connectivity index (χ3n) is 2.41. The molecule has 0 aromatic carbocycles. The fourth-order valence-electron chi connectivity index (χ4n) is 1.69. The number of ether oxygens (including phenoxy) is 2. The number of esters is 2. The summed E-state index contributed by atoms with van der Waals surface area (Å²) in [4.78, 5) is 23.7. The molecule has 0 unspecified atom stereocenters. The normalized spacial score (nSPS) is 11.8. The largest absolute Gasteiger partial charge is 0.463 e. The molecule has 0 aliphatic rings. The van der Waals surface area contributed by atoms with Crippen LogP contribution < -0.4 is 0 Å². The smallest absolute Gasteiger partial charge is 0.334 e. The average molecular weight is 256 g/mol. The van der Waals surface area contributed by atoms with Crippen molar-refractivity contribution in [2.75, 3.05) is 13.2 Å². The molecule has 0 aliphatic carbocycles. The fourth-order valence-corrected chi connectivity index (χ4v) is 1.69. The third-order valence-corrected chi connectivity index (χ3v) is 2.41. The van der Waals surface area contributed by atoms with Crippen molar-refractivity contribution in [3.8, 4) is 0 Å². The molecule has 0 heterocycles. The molecule has 0 rings (SSSR count). The van der Waals surface area contributed by atoms with Crippen LogP contribution in [-0.2, 0) is 19.1 Å². The second kappa shape index (κ2) is 9.68. The van der Waals surface area contributed by atoms with E-state index in [0.717, 1.165) is 12.8 Å². The molecule has 4 heteroatoms. The van der Waals surface area contributed by atoms with Crippen LogP contribution in [0.15, 0.2) is 11.1 Å². The van der Waals surface area contributed by atoms with E-state index in [1.54, 1.807) is 13.8 Å². The molecule has 0 aliphatic heterocycles. The van der Waals surface area contributed by atoms with Crippen molar-refractivity contribution in [3.05, 3.63) is 11.1 Å². The molecule has 0 amide bonds. The monoisotopic (exact) mass is 256 g/mol. The van der Waals surface area contributed by atoms with Crippen LogP contribution in [0.5, 0.6) is 0 Å². The summed E-state index contributed by atoms with van der Waals surface area (Å²) in [6.45, 7) is 8.07. The molecular weight excluding hydrogens is 232 g/mol. The summed E-state index contributed by atoms with van der Waals surface area (Å²) >= 11 is 0. The minimum atomic E-state index is -0.393. The second-order valence-corrected chi connectivity index (χ2v) is 3.90. The Morgan fingerprint density at radius 1 is 0.722 bits per heavy atom. The minimum absolute atomic E-state index is 0.314. The molecule has 0 saturated heterocycles. The average Bonchev–Trinajstić information content (AvgIpc) is 2.34. The van der Waals surface area contributed by atoms with Gasteiger partial charge in [0.2, 0.25) is 0 Å². The zero-order valence-electron chi connectivity index (χ0n) is 11.9. The maximum atomic E-state index is 11.9. The number of carbonyl (C=O) groups excluding carboxylic acids is 2. The van der Waals surface area contributed by atoms with E-state index < -0.39 is 11.9 Å². The Morgan fingerprint density at radius 3 is 1.28 bits per heavy atom. The second-order valence-electron chi connectivity index (χ2n) is 3.90. The van der Waals surface area contributed by atoms with E-state index in [1.165, 1.54) is 0 Å². The first-order chi connectivity index (χ1) is 8.62. The van der Waals surface area contributed by atoms with E-state index in [-0.39, 0.29) is 0 Å². The van der Waals surface area contributed by atoms with Gasteiger partial charge in [-0.1, -0.05) is 26.7 Å². The molecule has 0 N–H and O–H groups in total. The Balaban J connectivity index is 5.25. The first-order valence-electron chi connectivity index (χ1n) is 6.68. The molecule has 0 fully saturated rings. The predicted octanol–water partition coefficient (Wildman–Crippen LogP) is 3.01. The highest BCUT2D eigenvalue weighted by atomic mass is 16.5. The van der Waals surface area contributed by atoms with Gasteiger partial charge in [-0.15, -0.1) is 0 Å². The van der Waals surface area contributed by atoms with E-state index in [2.05, 4.69) is 0 Å². The van der Waals surface area contributed by atoms with Crippen molar-refractivity contribution in [2.45, 2.75) is 53.4 Å². The summed E-state index contributed by atoms with van der Waals surface area (Å²) in [5, 5.41) is 0. The fraction of sp³-hybridized carbons (Fsp3) is 0.714. The van der Waals surface area contributed by atoms with E-state index in [1.807, 2.05) is 13.8 Å². The number of carbonyl (C=O) groups is 2. The maximum Gasteiger partial charge on any atom is 0.334 e.